The zero-order valence-corrected chi connectivity index (χ0v) is 15.0. The molecule has 5 aliphatic rings. The fourth-order valence-electron chi connectivity index (χ4n) is 5.53. The van der Waals surface area contributed by atoms with Crippen LogP contribution in [0.4, 0.5) is 10.5 Å². The lowest BCUT2D eigenvalue weighted by atomic mass is 9.68. The van der Waals surface area contributed by atoms with Crippen LogP contribution in [0.25, 0.3) is 0 Å². The number of amides is 2. The average Bonchev–Trinajstić information content (AvgIpc) is 2.70. The topological polar surface area (TPSA) is 50.8 Å². The number of carbonyl (C=O) groups excluding carboxylic acids is 1. The third-order valence-corrected chi connectivity index (χ3v) is 6.27. The van der Waals surface area contributed by atoms with Gasteiger partial charge in [-0.3, -0.25) is 0 Å². The molecule has 1 aromatic carbocycles. The highest BCUT2D eigenvalue weighted by molar-refractivity contribution is 5.90. The summed E-state index contributed by atoms with van der Waals surface area (Å²) in [6.45, 7) is 4.68. The Labute approximate surface area is 148 Å². The number of rotatable bonds is 1. The van der Waals surface area contributed by atoms with Crippen LogP contribution in [0.1, 0.15) is 46.0 Å². The highest BCUT2D eigenvalue weighted by Crippen LogP contribution is 2.47. The van der Waals surface area contributed by atoms with Gasteiger partial charge in [0.1, 0.15) is 0 Å². The van der Waals surface area contributed by atoms with Crippen molar-refractivity contribution >= 4 is 11.7 Å². The third-order valence-electron chi connectivity index (χ3n) is 6.27. The Hall–Kier alpha value is -1.91. The van der Waals surface area contributed by atoms with Crippen molar-refractivity contribution in [3.63, 3.8) is 0 Å². The number of urea groups is 1. The van der Waals surface area contributed by atoms with Crippen molar-refractivity contribution in [1.29, 1.82) is 0 Å². The van der Waals surface area contributed by atoms with Gasteiger partial charge in [-0.1, -0.05) is 0 Å². The van der Waals surface area contributed by atoms with Gasteiger partial charge < -0.3 is 19.7 Å². The smallest absolute Gasteiger partial charge is 0.322 e. The zero-order valence-electron chi connectivity index (χ0n) is 15.0. The van der Waals surface area contributed by atoms with Gasteiger partial charge in [-0.25, -0.2) is 4.79 Å². The maximum Gasteiger partial charge on any atom is 0.322 e. The number of nitrogens with zero attached hydrogens (tertiary/aromatic N) is 1. The van der Waals surface area contributed by atoms with Gasteiger partial charge in [0.05, 0.1) is 0 Å². The SMILES string of the molecule is CC1(C)Oc2ccc(NC(=O)N3CC4CC5CC(C4)CC3C5)cc2O1. The molecule has 1 aromatic rings. The van der Waals surface area contributed by atoms with Gasteiger partial charge in [0.15, 0.2) is 11.5 Å². The van der Waals surface area contributed by atoms with E-state index in [1.165, 1.54) is 32.1 Å². The molecule has 2 aliphatic carbocycles. The van der Waals surface area contributed by atoms with Crippen LogP contribution in [0.3, 0.4) is 0 Å². The van der Waals surface area contributed by atoms with Crippen molar-refractivity contribution in [2.45, 2.75) is 57.8 Å². The third kappa shape index (κ3) is 2.74. The van der Waals surface area contributed by atoms with Crippen molar-refractivity contribution in [1.82, 2.24) is 4.90 Å². The maximum absolute atomic E-state index is 13.0. The van der Waals surface area contributed by atoms with E-state index in [1.54, 1.807) is 0 Å². The second-order valence-corrected chi connectivity index (χ2v) is 8.78. The second-order valence-electron chi connectivity index (χ2n) is 8.78. The number of hydrogen-bond donors (Lipinski definition) is 1. The number of benzene rings is 1. The van der Waals surface area contributed by atoms with E-state index in [0.717, 1.165) is 29.8 Å². The summed E-state index contributed by atoms with van der Waals surface area (Å²) in [6, 6.07) is 6.09. The molecule has 25 heavy (non-hydrogen) atoms. The van der Waals surface area contributed by atoms with Gasteiger partial charge in [-0.05, 0) is 62.0 Å². The van der Waals surface area contributed by atoms with E-state index in [-0.39, 0.29) is 6.03 Å². The molecule has 4 fully saturated rings. The quantitative estimate of drug-likeness (QED) is 0.830. The van der Waals surface area contributed by atoms with Crippen molar-refractivity contribution in [2.24, 2.45) is 17.8 Å². The van der Waals surface area contributed by atoms with E-state index in [1.807, 2.05) is 32.0 Å². The maximum atomic E-state index is 13.0. The second kappa shape index (κ2) is 5.29. The molecule has 0 radical (unpaired) electrons. The molecule has 2 amide bonds. The minimum absolute atomic E-state index is 0.0383. The Morgan fingerprint density at radius 1 is 1.04 bits per heavy atom. The average molecular weight is 342 g/mol. The zero-order chi connectivity index (χ0) is 17.2. The molecule has 2 saturated carbocycles. The van der Waals surface area contributed by atoms with Crippen molar-refractivity contribution < 1.29 is 14.3 Å². The minimum atomic E-state index is -0.645. The fraction of sp³-hybridized carbons (Fsp3) is 0.650. The summed E-state index contributed by atoms with van der Waals surface area (Å²) in [4.78, 5) is 15.1. The van der Waals surface area contributed by atoms with Crippen LogP contribution in [-0.4, -0.2) is 29.3 Å². The lowest BCUT2D eigenvalue weighted by molar-refractivity contribution is -0.0431. The van der Waals surface area contributed by atoms with Crippen LogP contribution >= 0.6 is 0 Å². The Balaban J connectivity index is 1.33. The first kappa shape index (κ1) is 15.4. The van der Waals surface area contributed by atoms with Crippen LogP contribution in [0.15, 0.2) is 18.2 Å². The van der Waals surface area contributed by atoms with Gasteiger partial charge in [0.25, 0.3) is 0 Å². The summed E-state index contributed by atoms with van der Waals surface area (Å²) in [5.74, 6) is 3.15. The molecule has 0 aromatic heterocycles. The monoisotopic (exact) mass is 342 g/mol. The van der Waals surface area contributed by atoms with Gasteiger partial charge in [-0.2, -0.15) is 0 Å². The Bertz CT molecular complexity index is 703. The van der Waals surface area contributed by atoms with E-state index >= 15 is 0 Å². The van der Waals surface area contributed by atoms with Crippen LogP contribution in [0.5, 0.6) is 11.5 Å². The molecule has 5 heteroatoms. The molecule has 0 spiro atoms. The summed E-state index contributed by atoms with van der Waals surface area (Å²) >= 11 is 0. The van der Waals surface area contributed by atoms with Crippen LogP contribution in [0.2, 0.25) is 0 Å². The summed E-state index contributed by atoms with van der Waals surface area (Å²) < 4.78 is 11.5. The molecule has 2 atom stereocenters. The lowest BCUT2D eigenvalue weighted by Crippen LogP contribution is -2.44. The molecule has 2 unspecified atom stereocenters. The Morgan fingerprint density at radius 2 is 1.72 bits per heavy atom. The predicted octanol–water partition coefficient (Wildman–Crippen LogP) is 4.24. The highest BCUT2D eigenvalue weighted by Gasteiger charge is 2.44. The fourth-order valence-corrected chi connectivity index (χ4v) is 5.53. The molecule has 134 valence electrons. The molecular weight excluding hydrogens is 316 g/mol. The Morgan fingerprint density at radius 3 is 2.48 bits per heavy atom. The number of nitrogens with one attached hydrogen (secondary N) is 1. The van der Waals surface area contributed by atoms with E-state index in [0.29, 0.717) is 17.7 Å². The molecule has 6 rings (SSSR count). The van der Waals surface area contributed by atoms with Gasteiger partial charge in [0, 0.05) is 38.2 Å². The lowest BCUT2D eigenvalue weighted by Gasteiger charge is -2.38. The number of hydrogen-bond acceptors (Lipinski definition) is 3. The first-order chi connectivity index (χ1) is 11.9. The molecule has 1 N–H and O–H groups in total. The largest absolute Gasteiger partial charge is 0.449 e. The van der Waals surface area contributed by atoms with Crippen molar-refractivity contribution in [3.8, 4) is 11.5 Å². The van der Waals surface area contributed by atoms with Crippen LogP contribution in [-0.2, 0) is 0 Å². The summed E-state index contributed by atoms with van der Waals surface area (Å²) in [5, 5.41) is 3.09. The number of ether oxygens (including phenoxy) is 2. The molecule has 3 heterocycles. The van der Waals surface area contributed by atoms with Crippen molar-refractivity contribution in [3.05, 3.63) is 18.2 Å². The number of fused-ring (bicyclic) bond motifs is 2. The van der Waals surface area contributed by atoms with E-state index in [2.05, 4.69) is 10.2 Å². The molecule has 5 nitrogen and oxygen atoms in total. The van der Waals surface area contributed by atoms with Gasteiger partial charge in [0.2, 0.25) is 5.79 Å². The number of anilines is 1. The summed E-state index contributed by atoms with van der Waals surface area (Å²) in [7, 11) is 0. The predicted molar refractivity (Wildman–Crippen MR) is 94.8 cm³/mol. The normalized spacial score (nSPS) is 34.1. The van der Waals surface area contributed by atoms with Gasteiger partial charge in [-0.15, -0.1) is 0 Å². The first-order valence-electron chi connectivity index (χ1n) is 9.55. The number of carbonyl (C=O) groups is 1. The van der Waals surface area contributed by atoms with Crippen LogP contribution < -0.4 is 14.8 Å². The molecule has 2 saturated heterocycles. The van der Waals surface area contributed by atoms with Gasteiger partial charge >= 0.3 is 6.03 Å². The van der Waals surface area contributed by atoms with Crippen LogP contribution in [0, 0.1) is 17.8 Å². The minimum Gasteiger partial charge on any atom is -0.449 e. The summed E-state index contributed by atoms with van der Waals surface area (Å²) in [5.41, 5.74) is 0.772. The summed E-state index contributed by atoms with van der Waals surface area (Å²) in [6.07, 6.45) is 6.40. The van der Waals surface area contributed by atoms with E-state index in [9.17, 15) is 4.79 Å². The van der Waals surface area contributed by atoms with E-state index < -0.39 is 5.79 Å². The Kier molecular flexibility index (Phi) is 3.25. The van der Waals surface area contributed by atoms with E-state index in [4.69, 9.17) is 9.47 Å². The highest BCUT2D eigenvalue weighted by atomic mass is 16.7. The molecule has 3 aliphatic heterocycles. The first-order valence-corrected chi connectivity index (χ1v) is 9.55. The molecule has 4 bridgehead atoms. The van der Waals surface area contributed by atoms with Crippen molar-refractivity contribution in [2.75, 3.05) is 11.9 Å². The standard InChI is InChI=1S/C20H26N2O3/c1-20(2)24-17-4-3-15(10-18(17)25-20)21-19(23)22-11-14-6-12-5-13(7-14)9-16(22)8-12/h3-4,10,12-14,16H,5-9,11H2,1-2H3,(H,21,23). The molecular formula is C20H26N2O3.